The van der Waals surface area contributed by atoms with Crippen molar-refractivity contribution in [1.82, 2.24) is 0 Å². The molecule has 1 N–H and O–H groups in total. The quantitative estimate of drug-likeness (QED) is 0.822. The van der Waals surface area contributed by atoms with Crippen molar-refractivity contribution in [3.05, 3.63) is 65.7 Å². The summed E-state index contributed by atoms with van der Waals surface area (Å²) in [5, 5.41) is 11.9. The molecule has 0 bridgehead atoms. The zero-order chi connectivity index (χ0) is 18.4. The van der Waals surface area contributed by atoms with E-state index < -0.39 is 5.97 Å². The van der Waals surface area contributed by atoms with Crippen molar-refractivity contribution in [2.45, 2.75) is 6.42 Å². The number of carbonyl (C=O) groups excluding carboxylic acids is 2. The van der Waals surface area contributed by atoms with E-state index in [2.05, 4.69) is 15.5 Å². The van der Waals surface area contributed by atoms with Crippen LogP contribution in [0.25, 0.3) is 0 Å². The highest BCUT2D eigenvalue weighted by Gasteiger charge is 2.17. The molecule has 26 heavy (non-hydrogen) atoms. The summed E-state index contributed by atoms with van der Waals surface area (Å²) in [6.07, 6.45) is 0.612. The van der Waals surface area contributed by atoms with Crippen LogP contribution < -0.4 is 5.32 Å². The molecule has 1 aliphatic rings. The van der Waals surface area contributed by atoms with Crippen molar-refractivity contribution in [2.75, 3.05) is 18.2 Å². The minimum absolute atomic E-state index is 0.186. The Kier molecular flexibility index (Phi) is 5.80. The predicted octanol–water partition coefficient (Wildman–Crippen LogP) is 3.35. The van der Waals surface area contributed by atoms with Gasteiger partial charge < -0.3 is 10.1 Å². The number of amides is 1. The number of benzene rings is 2. The van der Waals surface area contributed by atoms with E-state index in [9.17, 15) is 9.59 Å². The lowest BCUT2D eigenvalue weighted by Crippen LogP contribution is -2.18. The van der Waals surface area contributed by atoms with Gasteiger partial charge in [0.05, 0.1) is 29.8 Å². The summed E-state index contributed by atoms with van der Waals surface area (Å²) in [7, 11) is 1.30. The van der Waals surface area contributed by atoms with E-state index in [-0.39, 0.29) is 11.7 Å². The molecule has 2 aromatic carbocycles. The summed E-state index contributed by atoms with van der Waals surface area (Å²) in [6, 6.07) is 16.6. The first-order valence-electron chi connectivity index (χ1n) is 7.96. The summed E-state index contributed by atoms with van der Waals surface area (Å²) >= 11 is 1.34. The van der Waals surface area contributed by atoms with Gasteiger partial charge in [-0.2, -0.15) is 5.10 Å². The topological polar surface area (TPSA) is 80.1 Å². The summed E-state index contributed by atoms with van der Waals surface area (Å²) in [6.45, 7) is 0. The number of ether oxygens (including phenoxy) is 1. The monoisotopic (exact) mass is 367 g/mol. The average molecular weight is 367 g/mol. The molecule has 3 rings (SSSR count). The van der Waals surface area contributed by atoms with Gasteiger partial charge in [0, 0.05) is 6.42 Å². The van der Waals surface area contributed by atoms with Crippen LogP contribution in [-0.2, 0) is 9.53 Å². The van der Waals surface area contributed by atoms with Gasteiger partial charge in [-0.1, -0.05) is 54.2 Å². The van der Waals surface area contributed by atoms with Crippen LogP contribution in [0.2, 0.25) is 0 Å². The predicted molar refractivity (Wildman–Crippen MR) is 104 cm³/mol. The van der Waals surface area contributed by atoms with Gasteiger partial charge >= 0.3 is 5.97 Å². The van der Waals surface area contributed by atoms with Crippen LogP contribution in [-0.4, -0.2) is 35.5 Å². The molecule has 0 aromatic heterocycles. The van der Waals surface area contributed by atoms with Gasteiger partial charge in [0.15, 0.2) is 0 Å². The second-order valence-corrected chi connectivity index (χ2v) is 6.51. The maximum Gasteiger partial charge on any atom is 0.339 e. The van der Waals surface area contributed by atoms with Crippen molar-refractivity contribution in [3.8, 4) is 0 Å². The third kappa shape index (κ3) is 4.37. The molecule has 0 radical (unpaired) electrons. The number of carbonyl (C=O) groups is 2. The third-order valence-corrected chi connectivity index (χ3v) is 4.65. The SMILES string of the molecule is COC(=O)c1ccccc1NC(=O)CSC1=NN=C(c2ccccc2)C1. The smallest absolute Gasteiger partial charge is 0.339 e. The molecule has 0 aliphatic carbocycles. The normalized spacial score (nSPS) is 13.0. The second-order valence-electron chi connectivity index (χ2n) is 5.46. The van der Waals surface area contributed by atoms with Gasteiger partial charge in [-0.15, -0.1) is 5.10 Å². The van der Waals surface area contributed by atoms with E-state index in [0.717, 1.165) is 16.3 Å². The van der Waals surface area contributed by atoms with Gasteiger partial charge in [0.2, 0.25) is 5.91 Å². The molecular formula is C19H17N3O3S. The van der Waals surface area contributed by atoms with Crippen LogP contribution in [0.4, 0.5) is 5.69 Å². The summed E-state index contributed by atoms with van der Waals surface area (Å²) < 4.78 is 4.72. The Morgan fingerprint density at radius 1 is 1.08 bits per heavy atom. The van der Waals surface area contributed by atoms with Crippen molar-refractivity contribution in [2.24, 2.45) is 10.2 Å². The van der Waals surface area contributed by atoms with E-state index in [1.54, 1.807) is 24.3 Å². The molecule has 0 atom stereocenters. The minimum Gasteiger partial charge on any atom is -0.465 e. The van der Waals surface area contributed by atoms with E-state index in [0.29, 0.717) is 17.7 Å². The number of nitrogens with zero attached hydrogens (tertiary/aromatic N) is 2. The molecule has 1 aliphatic heterocycles. The first-order valence-corrected chi connectivity index (χ1v) is 8.94. The van der Waals surface area contributed by atoms with Crippen molar-refractivity contribution < 1.29 is 14.3 Å². The Hall–Kier alpha value is -2.93. The van der Waals surface area contributed by atoms with Crippen LogP contribution in [0.3, 0.4) is 0 Å². The fourth-order valence-electron chi connectivity index (χ4n) is 2.42. The maximum absolute atomic E-state index is 12.2. The largest absolute Gasteiger partial charge is 0.465 e. The third-order valence-electron chi connectivity index (χ3n) is 3.68. The van der Waals surface area contributed by atoms with Crippen molar-refractivity contribution in [3.63, 3.8) is 0 Å². The standard InChI is InChI=1S/C19H17N3O3S/c1-25-19(24)14-9-5-6-10-15(14)20-17(23)12-26-18-11-16(21-22-18)13-7-3-2-4-8-13/h2-10H,11-12H2,1H3,(H,20,23). The number of thioether (sulfide) groups is 1. The highest BCUT2D eigenvalue weighted by molar-refractivity contribution is 8.14. The Morgan fingerprint density at radius 2 is 1.81 bits per heavy atom. The fourth-order valence-corrected chi connectivity index (χ4v) is 3.12. The minimum atomic E-state index is -0.491. The number of anilines is 1. The Balaban J connectivity index is 1.53. The molecule has 0 saturated heterocycles. The number of hydrogen-bond donors (Lipinski definition) is 1. The molecule has 7 heteroatoms. The molecular weight excluding hydrogens is 350 g/mol. The lowest BCUT2D eigenvalue weighted by Gasteiger charge is -2.09. The van der Waals surface area contributed by atoms with Gasteiger partial charge in [-0.3, -0.25) is 4.79 Å². The van der Waals surface area contributed by atoms with E-state index in [1.807, 2.05) is 30.3 Å². The molecule has 0 fully saturated rings. The Morgan fingerprint density at radius 3 is 2.58 bits per heavy atom. The number of nitrogens with one attached hydrogen (secondary N) is 1. The van der Waals surface area contributed by atoms with Crippen LogP contribution in [0.15, 0.2) is 64.8 Å². The Labute approximate surface area is 155 Å². The number of esters is 1. The molecule has 6 nitrogen and oxygen atoms in total. The lowest BCUT2D eigenvalue weighted by atomic mass is 10.1. The molecule has 0 unspecified atom stereocenters. The molecule has 1 amide bonds. The van der Waals surface area contributed by atoms with Gasteiger partial charge in [0.25, 0.3) is 0 Å². The maximum atomic E-state index is 12.2. The van der Waals surface area contributed by atoms with Crippen LogP contribution in [0, 0.1) is 0 Å². The van der Waals surface area contributed by atoms with Crippen LogP contribution >= 0.6 is 11.8 Å². The first-order chi connectivity index (χ1) is 12.7. The van der Waals surface area contributed by atoms with Gasteiger partial charge in [-0.05, 0) is 17.7 Å². The van der Waals surface area contributed by atoms with E-state index >= 15 is 0 Å². The van der Waals surface area contributed by atoms with Crippen molar-refractivity contribution in [1.29, 1.82) is 0 Å². The summed E-state index contributed by atoms with van der Waals surface area (Å²) in [5.74, 6) is -0.525. The Bertz CT molecular complexity index is 879. The molecule has 2 aromatic rings. The van der Waals surface area contributed by atoms with Gasteiger partial charge in [0.1, 0.15) is 5.04 Å². The molecule has 0 saturated carbocycles. The second kappa shape index (κ2) is 8.44. The number of rotatable bonds is 5. The zero-order valence-corrected chi connectivity index (χ0v) is 15.0. The van der Waals surface area contributed by atoms with E-state index in [1.165, 1.54) is 18.9 Å². The van der Waals surface area contributed by atoms with E-state index in [4.69, 9.17) is 4.74 Å². The summed E-state index contributed by atoms with van der Waals surface area (Å²) in [5.41, 5.74) is 2.67. The number of para-hydroxylation sites is 1. The van der Waals surface area contributed by atoms with Gasteiger partial charge in [-0.25, -0.2) is 4.79 Å². The molecule has 132 valence electrons. The molecule has 1 heterocycles. The van der Waals surface area contributed by atoms with Crippen LogP contribution in [0.5, 0.6) is 0 Å². The number of hydrogen-bond acceptors (Lipinski definition) is 6. The average Bonchev–Trinajstić information content (AvgIpc) is 3.16. The highest BCUT2D eigenvalue weighted by Crippen LogP contribution is 2.20. The van der Waals surface area contributed by atoms with Crippen molar-refractivity contribution >= 4 is 40.1 Å². The number of methoxy groups -OCH3 is 1. The highest BCUT2D eigenvalue weighted by atomic mass is 32.2. The summed E-state index contributed by atoms with van der Waals surface area (Å²) in [4.78, 5) is 23.9. The fraction of sp³-hybridized carbons (Fsp3) is 0.158. The molecule has 0 spiro atoms. The van der Waals surface area contributed by atoms with Crippen LogP contribution in [0.1, 0.15) is 22.3 Å². The zero-order valence-electron chi connectivity index (χ0n) is 14.1. The first kappa shape index (κ1) is 17.9. The lowest BCUT2D eigenvalue weighted by molar-refractivity contribution is -0.113.